The van der Waals surface area contributed by atoms with Crippen LogP contribution in [0.2, 0.25) is 0 Å². The second-order valence-corrected chi connectivity index (χ2v) is 26.4. The Hall–Kier alpha value is -5.78. The number of halogens is 6. The highest BCUT2D eigenvalue weighted by atomic mass is 32.3. The Kier molecular flexibility index (Phi) is 21.3. The van der Waals surface area contributed by atoms with Crippen LogP contribution in [-0.4, -0.2) is 131 Å². The van der Waals surface area contributed by atoms with E-state index < -0.39 is 112 Å². The zero-order chi connectivity index (χ0) is 56.2. The first-order chi connectivity index (χ1) is 34.7. The first-order valence-electron chi connectivity index (χ1n) is 22.7. The molecule has 0 N–H and O–H groups in total. The summed E-state index contributed by atoms with van der Waals surface area (Å²) in [7, 11) is -17.5. The first-order valence-corrected chi connectivity index (χ1v) is 28.8. The number of carbonyl (C=O) groups is 2. The molecule has 0 bridgehead atoms. The van der Waals surface area contributed by atoms with Gasteiger partial charge in [-0.1, -0.05) is 36.4 Å². The molecule has 416 valence electrons. The molecule has 2 aliphatic heterocycles. The van der Waals surface area contributed by atoms with Crippen LogP contribution in [0.3, 0.4) is 0 Å². The van der Waals surface area contributed by atoms with Crippen molar-refractivity contribution in [3.05, 3.63) is 97.3 Å². The van der Waals surface area contributed by atoms with Gasteiger partial charge in [-0.3, -0.25) is 0 Å². The molecule has 0 spiro atoms. The molecule has 2 aromatic heterocycles. The van der Waals surface area contributed by atoms with Gasteiger partial charge in [-0.05, 0) is 110 Å². The number of amides is 2. The minimum Gasteiger partial charge on any atom is -0.444 e. The van der Waals surface area contributed by atoms with Crippen LogP contribution in [0.5, 0.6) is 11.8 Å². The highest BCUT2D eigenvalue weighted by Gasteiger charge is 2.40. The number of sulfone groups is 2. The lowest BCUT2D eigenvalue weighted by atomic mass is 9.98. The molecule has 4 heterocycles. The van der Waals surface area contributed by atoms with Crippen molar-refractivity contribution in [2.75, 3.05) is 31.9 Å². The van der Waals surface area contributed by atoms with Crippen molar-refractivity contribution in [3.8, 4) is 11.8 Å². The standard InChI is InChI=1S/C17H23F3N2O5S.C17H24F2N2O5S.C12H10FNO4S2/c1-17(2,3)27-16(23)22-8-6-11(7-9-22)14(18)28(24,25)12-4-5-13(21-10-12)26-15(19)20;1-17(2,3)26-16(22)21-8-6-12(7-9-21)11-27(23,24)13-4-5-14(20-10-13)25-15(18)19;13-14(19(15,16)11-7-3-1-4-8-11)20(17,18)12-9-5-2-6-10-12/h4-5,10-11,14-15H,6-9H2,1-3H3;4-5,10,12,15H,6-9,11H2,1-3H3;1-10H. The Labute approximate surface area is 432 Å². The van der Waals surface area contributed by atoms with Crippen LogP contribution in [-0.2, 0) is 49.2 Å². The molecule has 0 aliphatic carbocycles. The minimum atomic E-state index is -4.77. The Balaban J connectivity index is 0.000000247. The number of hydrogen-bond donors (Lipinski definition) is 0. The largest absolute Gasteiger partial charge is 0.444 e. The minimum absolute atomic E-state index is 0.0429. The van der Waals surface area contributed by atoms with Crippen molar-refractivity contribution in [2.45, 2.75) is 117 Å². The summed E-state index contributed by atoms with van der Waals surface area (Å²) in [6.07, 6.45) is 2.26. The predicted octanol–water partition coefficient (Wildman–Crippen LogP) is 8.45. The second-order valence-electron chi connectivity index (χ2n) is 18.6. The van der Waals surface area contributed by atoms with Gasteiger partial charge in [-0.25, -0.2) is 57.6 Å². The van der Waals surface area contributed by atoms with E-state index in [4.69, 9.17) is 9.47 Å². The number of likely N-dealkylation sites (tertiary alicyclic amines) is 2. The fourth-order valence-electron chi connectivity index (χ4n) is 6.96. The summed E-state index contributed by atoms with van der Waals surface area (Å²) < 4.78 is 192. The lowest BCUT2D eigenvalue weighted by molar-refractivity contribution is -0.0536. The van der Waals surface area contributed by atoms with Gasteiger partial charge in [-0.15, -0.1) is 4.48 Å². The molecule has 2 aliphatic rings. The highest BCUT2D eigenvalue weighted by molar-refractivity contribution is 8.03. The smallest absolute Gasteiger partial charge is 0.410 e. The van der Waals surface area contributed by atoms with Gasteiger partial charge in [0.15, 0.2) is 9.84 Å². The lowest BCUT2D eigenvalue weighted by Gasteiger charge is -2.34. The first kappa shape index (κ1) is 61.8. The maximum Gasteiger partial charge on any atom is 0.410 e. The molecule has 1 atom stereocenters. The zero-order valence-electron chi connectivity index (χ0n) is 41.3. The van der Waals surface area contributed by atoms with Crippen LogP contribution in [0.4, 0.5) is 36.0 Å². The number of aromatic nitrogens is 2. The molecule has 19 nitrogen and oxygen atoms in total. The molecule has 75 heavy (non-hydrogen) atoms. The molecule has 2 fully saturated rings. The maximum absolute atomic E-state index is 14.8. The van der Waals surface area contributed by atoms with Crippen molar-refractivity contribution in [1.82, 2.24) is 23.7 Å². The number of benzene rings is 2. The monoisotopic (exact) mass is 1150 g/mol. The van der Waals surface area contributed by atoms with E-state index in [2.05, 4.69) is 19.4 Å². The van der Waals surface area contributed by atoms with E-state index in [9.17, 15) is 69.7 Å². The lowest BCUT2D eigenvalue weighted by Crippen LogP contribution is -2.44. The normalized spacial score (nSPS) is 15.8. The van der Waals surface area contributed by atoms with Gasteiger partial charge in [0.1, 0.15) is 11.2 Å². The third-order valence-electron chi connectivity index (χ3n) is 10.6. The molecule has 1 unspecified atom stereocenters. The third kappa shape index (κ3) is 18.5. The Morgan fingerprint density at radius 2 is 0.947 bits per heavy atom. The number of ether oxygens (including phenoxy) is 4. The molecule has 2 aromatic carbocycles. The van der Waals surface area contributed by atoms with E-state index in [1.807, 2.05) is 0 Å². The van der Waals surface area contributed by atoms with Gasteiger partial charge in [0.05, 0.1) is 29.3 Å². The average molecular weight is 1150 g/mol. The summed E-state index contributed by atoms with van der Waals surface area (Å²) in [4.78, 5) is 32.8. The van der Waals surface area contributed by atoms with Gasteiger partial charge in [0.2, 0.25) is 27.1 Å². The number of sulfonamides is 2. The Morgan fingerprint density at radius 3 is 1.29 bits per heavy atom. The van der Waals surface area contributed by atoms with Crippen molar-refractivity contribution in [3.63, 3.8) is 0 Å². The third-order valence-corrected chi connectivity index (χ3v) is 18.0. The average Bonchev–Trinajstić information content (AvgIpc) is 3.33. The molecule has 0 saturated carbocycles. The summed E-state index contributed by atoms with van der Waals surface area (Å²) in [5.74, 6) is -1.80. The Bertz CT molecular complexity index is 2870. The van der Waals surface area contributed by atoms with E-state index in [-0.39, 0.29) is 48.4 Å². The van der Waals surface area contributed by atoms with Crippen LogP contribution < -0.4 is 9.47 Å². The van der Waals surface area contributed by atoms with E-state index in [0.717, 1.165) is 54.9 Å². The molecular weight excluding hydrogens is 1090 g/mol. The topological polar surface area (TPSA) is 243 Å². The van der Waals surface area contributed by atoms with Gasteiger partial charge >= 0.3 is 25.4 Å². The van der Waals surface area contributed by atoms with E-state index in [1.165, 1.54) is 47.4 Å². The number of alkyl halides is 5. The molecule has 6 rings (SSSR count). The summed E-state index contributed by atoms with van der Waals surface area (Å²) in [5.41, 5.74) is -3.44. The number of hydrogen-bond acceptors (Lipinski definition) is 16. The summed E-state index contributed by atoms with van der Waals surface area (Å²) in [5, 5.41) is 0. The molecule has 4 aromatic rings. The molecular formula is C46H57F6N5O14S4. The van der Waals surface area contributed by atoms with Crippen molar-refractivity contribution < 1.29 is 88.6 Å². The maximum atomic E-state index is 14.8. The number of carbonyl (C=O) groups excluding carboxylic acids is 2. The van der Waals surface area contributed by atoms with Crippen molar-refractivity contribution in [2.24, 2.45) is 11.8 Å². The van der Waals surface area contributed by atoms with Crippen LogP contribution in [0, 0.1) is 11.8 Å². The molecule has 0 radical (unpaired) electrons. The SMILES string of the molecule is CC(C)(C)OC(=O)N1CCC(C(F)S(=O)(=O)c2ccc(OC(F)F)nc2)CC1.CC(C)(C)OC(=O)N1CCC(CS(=O)(=O)c2ccc(OC(F)F)nc2)CC1.O=S(=O)(c1ccccc1)N(F)S(=O)(=O)c1ccccc1. The van der Waals surface area contributed by atoms with Gasteiger partial charge < -0.3 is 28.7 Å². The number of rotatable bonds is 14. The van der Waals surface area contributed by atoms with Crippen LogP contribution >= 0.6 is 0 Å². The highest BCUT2D eigenvalue weighted by Crippen LogP contribution is 2.32. The van der Waals surface area contributed by atoms with E-state index >= 15 is 0 Å². The Morgan fingerprint density at radius 1 is 0.573 bits per heavy atom. The predicted molar refractivity (Wildman–Crippen MR) is 257 cm³/mol. The molecule has 2 amide bonds. The second kappa shape index (κ2) is 25.8. The summed E-state index contributed by atoms with van der Waals surface area (Å²) >= 11 is 0. The van der Waals surface area contributed by atoms with E-state index in [0.29, 0.717) is 25.9 Å². The number of nitrogens with zero attached hydrogens (tertiary/aromatic N) is 5. The van der Waals surface area contributed by atoms with Gasteiger partial charge in [-0.2, -0.15) is 17.6 Å². The molecule has 2 saturated heterocycles. The number of pyridine rings is 2. The van der Waals surface area contributed by atoms with Gasteiger partial charge in [0, 0.05) is 56.6 Å². The number of piperidine rings is 2. The van der Waals surface area contributed by atoms with Crippen molar-refractivity contribution in [1.29, 1.82) is 0 Å². The summed E-state index contributed by atoms with van der Waals surface area (Å²) in [6.45, 7) is 5.64. The van der Waals surface area contributed by atoms with E-state index in [1.54, 1.807) is 46.4 Å². The quantitative estimate of drug-likeness (QED) is 0.0849. The zero-order valence-corrected chi connectivity index (χ0v) is 44.6. The molecule has 29 heteroatoms. The van der Waals surface area contributed by atoms with Gasteiger partial charge in [0.25, 0.3) is 20.0 Å². The fraction of sp³-hybridized carbons (Fsp3) is 0.478. The van der Waals surface area contributed by atoms with Crippen LogP contribution in [0.1, 0.15) is 67.2 Å². The van der Waals surface area contributed by atoms with Crippen LogP contribution in [0.25, 0.3) is 0 Å². The fourth-order valence-corrected chi connectivity index (χ4v) is 13.0. The summed E-state index contributed by atoms with van der Waals surface area (Å²) in [6, 6.07) is 17.2. The van der Waals surface area contributed by atoms with Crippen LogP contribution in [0.15, 0.2) is 117 Å². The van der Waals surface area contributed by atoms with Crippen molar-refractivity contribution >= 4 is 51.9 Å².